The minimum Gasteiger partial charge on any atom is 0 e. The summed E-state index contributed by atoms with van der Waals surface area (Å²) in [5.74, 6) is 7.98. The van der Waals surface area contributed by atoms with Crippen molar-refractivity contribution in [3.8, 4) is 39.5 Å². The number of pyridine rings is 1. The van der Waals surface area contributed by atoms with E-state index in [1.165, 1.54) is 39.6 Å². The third kappa shape index (κ3) is 9.50. The zero-order valence-electron chi connectivity index (χ0n) is 43.9. The number of para-hydroxylation sites is 2. The number of hydrogen-bond acceptors (Lipinski definition) is 3. The van der Waals surface area contributed by atoms with Crippen LogP contribution in [0, 0.1) is 38.8 Å². The van der Waals surface area contributed by atoms with Crippen LogP contribution in [-0.4, -0.2) is 27.8 Å². The molecule has 0 N–H and O–H groups in total. The van der Waals surface area contributed by atoms with E-state index < -0.39 is 26.5 Å². The minimum absolute atomic E-state index is 0. The van der Waals surface area contributed by atoms with E-state index in [0.717, 1.165) is 54.3 Å². The molecule has 329 valence electrons. The van der Waals surface area contributed by atoms with Gasteiger partial charge in [-0.25, -0.2) is 0 Å². The second-order valence-electron chi connectivity index (χ2n) is 18.7. The molecule has 1 radical (unpaired) electrons. The number of hydrogen-bond donors (Lipinski definition) is 0. The van der Waals surface area contributed by atoms with E-state index in [0.29, 0.717) is 28.7 Å². The number of nitrogens with zero attached hydrogens (tertiary/aromatic N) is 3. The molecule has 0 aliphatic carbocycles. The normalized spacial score (nSPS) is 13.4. The summed E-state index contributed by atoms with van der Waals surface area (Å²) in [7, 11) is 0. The Balaban J connectivity index is 0.000000226. The van der Waals surface area contributed by atoms with E-state index in [-0.39, 0.29) is 31.6 Å². The van der Waals surface area contributed by atoms with Gasteiger partial charge in [-0.05, 0) is 77.4 Å². The molecule has 4 nitrogen and oxygen atoms in total. The molecule has 64 heavy (non-hydrogen) atoms. The second kappa shape index (κ2) is 19.2. The molecule has 0 bridgehead atoms. The number of rotatable bonds is 9. The van der Waals surface area contributed by atoms with Crippen LogP contribution in [0.15, 0.2) is 126 Å². The third-order valence-corrected chi connectivity index (χ3v) is 15.9. The Hall–Kier alpha value is -5.07. The van der Waals surface area contributed by atoms with Crippen molar-refractivity contribution in [2.24, 2.45) is 5.92 Å². The van der Waals surface area contributed by atoms with E-state index in [1.807, 2.05) is 26.1 Å². The molecular weight excluding hydrogens is 1020 g/mol. The van der Waals surface area contributed by atoms with Gasteiger partial charge in [0.2, 0.25) is 0 Å². The van der Waals surface area contributed by atoms with Gasteiger partial charge in [0, 0.05) is 31.2 Å². The molecule has 0 atom stereocenters. The van der Waals surface area contributed by atoms with Crippen LogP contribution in [0.4, 0.5) is 0 Å². The summed E-state index contributed by atoms with van der Waals surface area (Å²) in [4.78, 5) is 9.83. The Morgan fingerprint density at radius 1 is 0.766 bits per heavy atom. The molecule has 3 heterocycles. The molecule has 0 fully saturated rings. The standard InChI is InChI=1S/C39H35N2O.C19H26GeN.Ir/c1-23(2)30-21-28(27-12-8-7-9-13-27)22-31(24(3)4)37(30)41-34-15-11-10-14-33(34)40-39(41)29-18-17-26(6)36-32-20-25(5)16-19-35(32)42-38(29)36;1-14(2)11-17-12-19(16-9-7-15(3)8-10-16)21-13-18(17)20(4,5)6;/h7-17,19-24H,1-6H3;7-9,12-14H,11H2,1-6H3;/q2*-1;/i;3D3,11D2;. The maximum Gasteiger partial charge on any atom is 0 e. The first-order valence-electron chi connectivity index (χ1n) is 24.7. The van der Waals surface area contributed by atoms with Crippen LogP contribution in [0.5, 0.6) is 0 Å². The van der Waals surface area contributed by atoms with Crippen LogP contribution < -0.4 is 4.40 Å². The summed E-state index contributed by atoms with van der Waals surface area (Å²) < 4.78 is 49.6. The smallest absolute Gasteiger partial charge is 0 e. The van der Waals surface area contributed by atoms with Gasteiger partial charge in [-0.1, -0.05) is 99.7 Å². The number of furan rings is 1. The number of imidazole rings is 1. The first kappa shape index (κ1) is 40.4. The molecule has 0 aliphatic heterocycles. The van der Waals surface area contributed by atoms with Crippen molar-refractivity contribution >= 4 is 50.6 Å². The number of aromatic nitrogens is 3. The first-order chi connectivity index (χ1) is 32.1. The van der Waals surface area contributed by atoms with Gasteiger partial charge in [-0.2, -0.15) is 0 Å². The number of aryl methyl sites for hydroxylation is 3. The van der Waals surface area contributed by atoms with Crippen molar-refractivity contribution in [1.82, 2.24) is 14.5 Å². The van der Waals surface area contributed by atoms with Crippen LogP contribution in [0.25, 0.3) is 72.4 Å². The molecule has 6 heteroatoms. The van der Waals surface area contributed by atoms with Crippen molar-refractivity contribution in [3.63, 3.8) is 0 Å². The van der Waals surface area contributed by atoms with Crippen molar-refractivity contribution in [2.75, 3.05) is 0 Å². The van der Waals surface area contributed by atoms with Gasteiger partial charge in [0.25, 0.3) is 0 Å². The Bertz CT molecular complexity index is 3260. The number of fused-ring (bicyclic) bond motifs is 4. The van der Waals surface area contributed by atoms with Crippen molar-refractivity contribution in [1.29, 1.82) is 0 Å². The van der Waals surface area contributed by atoms with Crippen molar-refractivity contribution < 1.29 is 31.4 Å². The topological polar surface area (TPSA) is 43.9 Å². The molecule has 0 unspecified atom stereocenters. The fraction of sp³-hybridized carbons (Fsp3) is 0.276. The Kier molecular flexibility index (Phi) is 12.1. The Labute approximate surface area is 404 Å². The maximum absolute atomic E-state index is 8.60. The van der Waals surface area contributed by atoms with Gasteiger partial charge in [-0.3, -0.25) is 4.98 Å². The van der Waals surface area contributed by atoms with E-state index in [4.69, 9.17) is 16.3 Å². The van der Waals surface area contributed by atoms with Crippen molar-refractivity contribution in [2.45, 2.75) is 97.7 Å². The second-order valence-corrected chi connectivity index (χ2v) is 29.3. The van der Waals surface area contributed by atoms with Crippen LogP contribution >= 0.6 is 0 Å². The molecule has 0 saturated carbocycles. The quantitative estimate of drug-likeness (QED) is 0.107. The van der Waals surface area contributed by atoms with Gasteiger partial charge in [0.1, 0.15) is 5.58 Å². The molecule has 9 aromatic rings. The summed E-state index contributed by atoms with van der Waals surface area (Å²) >= 11 is -2.32. The molecule has 9 rings (SSSR count). The maximum atomic E-state index is 8.60. The van der Waals surface area contributed by atoms with Crippen LogP contribution in [0.1, 0.15) is 93.6 Å². The molecule has 0 amide bonds. The molecule has 0 spiro atoms. The first-order valence-corrected chi connectivity index (χ1v) is 29.5. The van der Waals surface area contributed by atoms with Gasteiger partial charge in [0.05, 0.1) is 22.4 Å². The fourth-order valence-electron chi connectivity index (χ4n) is 8.51. The van der Waals surface area contributed by atoms with Gasteiger partial charge in [0.15, 0.2) is 0 Å². The SMILES string of the molecule is Cc1ccc2oc3c(-c4nc5ccccc5n4-c4c(C(C)C)cc(-c5ccccc5)cc4C(C)C)[c-]cc(C)c3c2c1.[2H]C([2H])([2H])c1c[c-]c(-c2cc(C([2H])([2H])C(C)C)[c]([Ge]([CH3])([CH3])[CH3])cn2)cc1.[Ir]. The predicted molar refractivity (Wildman–Crippen MR) is 270 cm³/mol. The zero-order chi connectivity index (χ0) is 49.0. The van der Waals surface area contributed by atoms with E-state index in [2.05, 4.69) is 171 Å². The third-order valence-electron chi connectivity index (χ3n) is 11.7. The van der Waals surface area contributed by atoms with Crippen LogP contribution in [-0.2, 0) is 26.5 Å². The monoisotopic (exact) mass is 1090 g/mol. The number of benzene rings is 6. The van der Waals surface area contributed by atoms with Gasteiger partial charge < -0.3 is 8.98 Å². The summed E-state index contributed by atoms with van der Waals surface area (Å²) in [5, 5.41) is 2.27. The summed E-state index contributed by atoms with van der Waals surface area (Å²) in [6.45, 7) is 15.0. The van der Waals surface area contributed by atoms with Crippen molar-refractivity contribution in [3.05, 3.63) is 167 Å². The molecule has 6 aromatic carbocycles. The molecular formula is C58H61GeIrN3O-2. The molecule has 0 aliphatic rings. The minimum atomic E-state index is -2.32. The molecule has 3 aromatic heterocycles. The zero-order valence-corrected chi connectivity index (χ0v) is 43.4. The summed E-state index contributed by atoms with van der Waals surface area (Å²) in [6, 6.07) is 45.5. The van der Waals surface area contributed by atoms with Crippen LogP contribution in [0.3, 0.4) is 0 Å². The Morgan fingerprint density at radius 3 is 2.09 bits per heavy atom. The van der Waals surface area contributed by atoms with Gasteiger partial charge in [-0.15, -0.1) is 17.7 Å². The van der Waals surface area contributed by atoms with E-state index >= 15 is 0 Å². The Morgan fingerprint density at radius 2 is 1.45 bits per heavy atom. The van der Waals surface area contributed by atoms with Crippen LogP contribution in [0.2, 0.25) is 17.3 Å². The average Bonchev–Trinajstić information content (AvgIpc) is 3.87. The van der Waals surface area contributed by atoms with E-state index in [1.54, 1.807) is 12.1 Å². The fourth-order valence-corrected chi connectivity index (χ4v) is 11.5. The van der Waals surface area contributed by atoms with E-state index in [9.17, 15) is 0 Å². The summed E-state index contributed by atoms with van der Waals surface area (Å²) in [5.41, 5.74) is 15.5. The largest absolute Gasteiger partial charge is 0 e. The molecule has 0 saturated heterocycles. The predicted octanol–water partition coefficient (Wildman–Crippen LogP) is 15.5. The average molecular weight is 1090 g/mol. The summed E-state index contributed by atoms with van der Waals surface area (Å²) in [6.07, 6.45) is 0.362. The van der Waals surface area contributed by atoms with Gasteiger partial charge >= 0.3 is 139 Å².